The molecule has 1 aliphatic rings. The Morgan fingerprint density at radius 1 is 1.31 bits per heavy atom. The summed E-state index contributed by atoms with van der Waals surface area (Å²) in [5.74, 6) is 0.814. The van der Waals surface area contributed by atoms with Crippen LogP contribution in [0.5, 0.6) is 5.75 Å². The summed E-state index contributed by atoms with van der Waals surface area (Å²) in [4.78, 5) is -0.0510. The summed E-state index contributed by atoms with van der Waals surface area (Å²) in [6.45, 7) is 4.19. The van der Waals surface area contributed by atoms with E-state index in [1.165, 1.54) is 0 Å². The number of para-hydroxylation sites is 1. The molecule has 2 nitrogen and oxygen atoms in total. The number of rotatable bonds is 2. The number of hydrogen-bond donors (Lipinski definition) is 1. The van der Waals surface area contributed by atoms with Gasteiger partial charge in [0.2, 0.25) is 0 Å². The molecule has 0 aliphatic carbocycles. The first kappa shape index (κ1) is 11.9. The predicted octanol–water partition coefficient (Wildman–Crippen LogP) is 3.43. The van der Waals surface area contributed by atoms with Crippen molar-refractivity contribution in [2.24, 2.45) is 0 Å². The molecule has 0 radical (unpaired) electrons. The van der Waals surface area contributed by atoms with E-state index in [9.17, 15) is 5.11 Å². The summed E-state index contributed by atoms with van der Waals surface area (Å²) in [7, 11) is 0. The number of halogens is 1. The quantitative estimate of drug-likeness (QED) is 0.843. The van der Waals surface area contributed by atoms with E-state index in [2.05, 4.69) is 29.8 Å². The monoisotopic (exact) mass is 284 g/mol. The lowest BCUT2D eigenvalue weighted by Crippen LogP contribution is -2.49. The van der Waals surface area contributed by atoms with Gasteiger partial charge < -0.3 is 9.84 Å². The van der Waals surface area contributed by atoms with Crippen molar-refractivity contribution in [1.82, 2.24) is 0 Å². The molecule has 0 bridgehead atoms. The lowest BCUT2D eigenvalue weighted by Gasteiger charge is -2.44. The van der Waals surface area contributed by atoms with E-state index in [1.54, 1.807) is 0 Å². The van der Waals surface area contributed by atoms with Gasteiger partial charge in [-0.2, -0.15) is 0 Å². The first-order valence-corrected chi connectivity index (χ1v) is 6.66. The van der Waals surface area contributed by atoms with Gasteiger partial charge in [0.25, 0.3) is 0 Å². The second-order valence-corrected chi connectivity index (χ2v) is 5.24. The molecule has 1 aromatic carbocycles. The van der Waals surface area contributed by atoms with Crippen molar-refractivity contribution in [1.29, 1.82) is 0 Å². The van der Waals surface area contributed by atoms with Gasteiger partial charge in [-0.15, -0.1) is 0 Å². The van der Waals surface area contributed by atoms with E-state index in [4.69, 9.17) is 4.74 Å². The highest BCUT2D eigenvalue weighted by Crippen LogP contribution is 2.46. The average Bonchev–Trinajstić information content (AvgIpc) is 2.34. The average molecular weight is 285 g/mol. The summed E-state index contributed by atoms with van der Waals surface area (Å²) in [6, 6.07) is 7.72. The third-order valence-corrected chi connectivity index (χ3v) is 4.86. The normalized spacial score (nSPS) is 27.0. The molecule has 16 heavy (non-hydrogen) atoms. The highest BCUT2D eigenvalue weighted by molar-refractivity contribution is 9.09. The molecule has 0 unspecified atom stereocenters. The third-order valence-electron chi connectivity index (χ3n) is 3.53. The lowest BCUT2D eigenvalue weighted by atomic mass is 9.85. The van der Waals surface area contributed by atoms with Crippen LogP contribution in [-0.2, 0) is 0 Å². The predicted molar refractivity (Wildman–Crippen MR) is 68.1 cm³/mol. The van der Waals surface area contributed by atoms with Crippen LogP contribution >= 0.6 is 15.9 Å². The molecule has 0 fully saturated rings. The van der Waals surface area contributed by atoms with Crippen LogP contribution in [0.15, 0.2) is 24.3 Å². The van der Waals surface area contributed by atoms with Gasteiger partial charge in [-0.1, -0.05) is 48.0 Å². The summed E-state index contributed by atoms with van der Waals surface area (Å²) >= 11 is 3.59. The molecule has 1 heterocycles. The zero-order chi connectivity index (χ0) is 11.8. The topological polar surface area (TPSA) is 29.5 Å². The first-order chi connectivity index (χ1) is 7.64. The SMILES string of the molecule is CCC1(CC)Oc2ccccc2[C@@H](O)[C@@H]1Br. The van der Waals surface area contributed by atoms with Crippen molar-refractivity contribution < 1.29 is 9.84 Å². The largest absolute Gasteiger partial charge is 0.486 e. The maximum Gasteiger partial charge on any atom is 0.126 e. The zero-order valence-corrected chi connectivity index (χ0v) is 11.2. The molecule has 1 aliphatic heterocycles. The summed E-state index contributed by atoms with van der Waals surface area (Å²) < 4.78 is 6.09. The molecule has 0 spiro atoms. The van der Waals surface area contributed by atoms with Crippen molar-refractivity contribution in [3.05, 3.63) is 29.8 Å². The molecule has 0 aromatic heterocycles. The van der Waals surface area contributed by atoms with Crippen molar-refractivity contribution in [2.75, 3.05) is 0 Å². The molecule has 0 amide bonds. The van der Waals surface area contributed by atoms with Crippen LogP contribution in [0.25, 0.3) is 0 Å². The minimum atomic E-state index is -0.496. The van der Waals surface area contributed by atoms with E-state index in [1.807, 2.05) is 24.3 Å². The van der Waals surface area contributed by atoms with Gasteiger partial charge in [-0.05, 0) is 18.9 Å². The van der Waals surface area contributed by atoms with Gasteiger partial charge >= 0.3 is 0 Å². The van der Waals surface area contributed by atoms with Crippen LogP contribution in [0, 0.1) is 0 Å². The summed E-state index contributed by atoms with van der Waals surface area (Å²) in [5, 5.41) is 10.3. The van der Waals surface area contributed by atoms with Crippen molar-refractivity contribution >= 4 is 15.9 Å². The molecule has 0 saturated carbocycles. The Bertz CT molecular complexity index is 374. The maximum absolute atomic E-state index is 10.3. The van der Waals surface area contributed by atoms with E-state index in [0.717, 1.165) is 24.2 Å². The molecule has 2 atom stereocenters. The minimum absolute atomic E-state index is 0.0510. The molecular weight excluding hydrogens is 268 g/mol. The minimum Gasteiger partial charge on any atom is -0.486 e. The molecule has 0 saturated heterocycles. The Morgan fingerprint density at radius 2 is 1.94 bits per heavy atom. The second kappa shape index (κ2) is 4.38. The molecule has 2 rings (SSSR count). The van der Waals surface area contributed by atoms with Crippen molar-refractivity contribution in [3.8, 4) is 5.75 Å². The van der Waals surface area contributed by atoms with Crippen LogP contribution in [0.2, 0.25) is 0 Å². The Morgan fingerprint density at radius 3 is 2.56 bits per heavy atom. The van der Waals surface area contributed by atoms with Crippen LogP contribution in [-0.4, -0.2) is 15.5 Å². The van der Waals surface area contributed by atoms with E-state index < -0.39 is 6.10 Å². The van der Waals surface area contributed by atoms with E-state index in [-0.39, 0.29) is 10.4 Å². The van der Waals surface area contributed by atoms with Gasteiger partial charge in [0.1, 0.15) is 11.4 Å². The Labute approximate surface area is 105 Å². The number of aliphatic hydroxyl groups excluding tert-OH is 1. The molecule has 1 N–H and O–H groups in total. The number of hydrogen-bond acceptors (Lipinski definition) is 2. The van der Waals surface area contributed by atoms with Crippen LogP contribution in [0.3, 0.4) is 0 Å². The number of aliphatic hydroxyl groups is 1. The molecular formula is C13H17BrO2. The standard InChI is InChI=1S/C13H17BrO2/c1-3-13(4-2)12(14)11(15)9-7-5-6-8-10(9)16-13/h5-8,11-12,15H,3-4H2,1-2H3/t11-,12+/m1/s1. The van der Waals surface area contributed by atoms with Gasteiger partial charge in [0, 0.05) is 5.56 Å². The fourth-order valence-corrected chi connectivity index (χ4v) is 3.35. The maximum atomic E-state index is 10.3. The van der Waals surface area contributed by atoms with E-state index in [0.29, 0.717) is 0 Å². The fourth-order valence-electron chi connectivity index (χ4n) is 2.32. The number of alkyl halides is 1. The number of fused-ring (bicyclic) bond motifs is 1. The molecule has 1 aromatic rings. The molecule has 88 valence electrons. The number of benzene rings is 1. The van der Waals surface area contributed by atoms with Crippen molar-refractivity contribution in [2.45, 2.75) is 43.2 Å². The second-order valence-electron chi connectivity index (χ2n) is 4.26. The lowest BCUT2D eigenvalue weighted by molar-refractivity contribution is -0.00898. The Kier molecular flexibility index (Phi) is 3.27. The highest BCUT2D eigenvalue weighted by Gasteiger charge is 2.45. The third kappa shape index (κ3) is 1.66. The van der Waals surface area contributed by atoms with E-state index >= 15 is 0 Å². The summed E-state index contributed by atoms with van der Waals surface area (Å²) in [5.41, 5.74) is 0.579. The molecule has 3 heteroatoms. The first-order valence-electron chi connectivity index (χ1n) is 5.74. The van der Waals surface area contributed by atoms with Crippen LogP contribution in [0.4, 0.5) is 0 Å². The van der Waals surface area contributed by atoms with Crippen LogP contribution in [0.1, 0.15) is 38.4 Å². The smallest absolute Gasteiger partial charge is 0.126 e. The van der Waals surface area contributed by atoms with Gasteiger partial charge in [-0.3, -0.25) is 0 Å². The Balaban J connectivity index is 2.46. The zero-order valence-electron chi connectivity index (χ0n) is 9.61. The van der Waals surface area contributed by atoms with Crippen molar-refractivity contribution in [3.63, 3.8) is 0 Å². The van der Waals surface area contributed by atoms with Gasteiger partial charge in [0.05, 0.1) is 10.9 Å². The van der Waals surface area contributed by atoms with Crippen LogP contribution < -0.4 is 4.74 Å². The Hall–Kier alpha value is -0.540. The van der Waals surface area contributed by atoms with Gasteiger partial charge in [0.15, 0.2) is 0 Å². The fraction of sp³-hybridized carbons (Fsp3) is 0.538. The highest BCUT2D eigenvalue weighted by atomic mass is 79.9. The summed E-state index contributed by atoms with van der Waals surface area (Å²) in [6.07, 6.45) is 1.26. The number of ether oxygens (including phenoxy) is 1. The van der Waals surface area contributed by atoms with Gasteiger partial charge in [-0.25, -0.2) is 0 Å².